The van der Waals surface area contributed by atoms with Gasteiger partial charge in [-0.05, 0) is 41.5 Å². The molecule has 0 amide bonds. The van der Waals surface area contributed by atoms with Crippen LogP contribution in [0.4, 0.5) is 0 Å². The summed E-state index contributed by atoms with van der Waals surface area (Å²) in [5, 5.41) is 6.99. The van der Waals surface area contributed by atoms with Gasteiger partial charge in [0.05, 0.1) is 22.1 Å². The number of fused-ring (bicyclic) bond motifs is 9. The quantitative estimate of drug-likeness (QED) is 0.192. The lowest BCUT2D eigenvalue weighted by atomic mass is 9.98. The Balaban J connectivity index is 1.25. The summed E-state index contributed by atoms with van der Waals surface area (Å²) >= 11 is 0. The third kappa shape index (κ3) is 3.92. The molecule has 0 radical (unpaired) electrons. The topological polar surface area (TPSA) is 56.2 Å². The second-order valence-electron chi connectivity index (χ2n) is 12.8. The van der Waals surface area contributed by atoms with Gasteiger partial charge in [-0.15, -0.1) is 0 Å². The van der Waals surface area contributed by atoms with Crippen molar-refractivity contribution in [1.82, 2.24) is 19.4 Å². The molecule has 0 saturated carbocycles. The van der Waals surface area contributed by atoms with Gasteiger partial charge in [-0.1, -0.05) is 127 Å². The first-order valence-electron chi connectivity index (χ1n) is 16.8. The number of rotatable bonds is 4. The van der Waals surface area contributed by atoms with Gasteiger partial charge >= 0.3 is 0 Å². The van der Waals surface area contributed by atoms with Crippen LogP contribution in [0.2, 0.25) is 0 Å². The summed E-state index contributed by atoms with van der Waals surface area (Å²) in [7, 11) is 0. The van der Waals surface area contributed by atoms with Gasteiger partial charge < -0.3 is 8.82 Å². The molecule has 0 aliphatic rings. The zero-order valence-electron chi connectivity index (χ0n) is 26.7. The fraction of sp³-hybridized carbons (Fsp3) is 0. The summed E-state index contributed by atoms with van der Waals surface area (Å²) in [5.74, 6) is 1.79. The van der Waals surface area contributed by atoms with Gasteiger partial charge in [-0.25, -0.2) is 15.0 Å². The molecule has 0 aliphatic carbocycles. The summed E-state index contributed by atoms with van der Waals surface area (Å²) in [6.07, 6.45) is 0. The molecule has 0 aliphatic heterocycles. The molecule has 11 aromatic rings. The minimum atomic E-state index is 0.565. The van der Waals surface area contributed by atoms with Crippen LogP contribution in [0, 0.1) is 0 Å². The highest BCUT2D eigenvalue weighted by atomic mass is 16.3. The zero-order valence-corrected chi connectivity index (χ0v) is 26.7. The van der Waals surface area contributed by atoms with Crippen molar-refractivity contribution < 1.29 is 4.42 Å². The molecule has 232 valence electrons. The first-order valence-corrected chi connectivity index (χ1v) is 16.8. The van der Waals surface area contributed by atoms with Gasteiger partial charge in [0.25, 0.3) is 0 Å². The minimum Gasteiger partial charge on any atom is -0.455 e. The maximum atomic E-state index is 6.89. The highest BCUT2D eigenvalue weighted by molar-refractivity contribution is 6.26. The van der Waals surface area contributed by atoms with Gasteiger partial charge in [0.2, 0.25) is 0 Å². The SMILES string of the molecule is c1ccc(-c2cc(-c3nc(-c4ccccc4)nc(-c4ccccc4)n3)c3oc4cc5c6cccc7c8ccccc8n(c5cc4c3c2)c76)cc1. The summed E-state index contributed by atoms with van der Waals surface area (Å²) in [6, 6.07) is 54.8. The van der Waals surface area contributed by atoms with Crippen molar-refractivity contribution in [2.45, 2.75) is 0 Å². The molecule has 7 aromatic carbocycles. The number of nitrogens with zero attached hydrogens (tertiary/aromatic N) is 4. The number of para-hydroxylation sites is 2. The Morgan fingerprint density at radius 3 is 1.66 bits per heavy atom. The second kappa shape index (κ2) is 10.3. The Kier molecular flexibility index (Phi) is 5.60. The van der Waals surface area contributed by atoms with Gasteiger partial charge in [0.15, 0.2) is 17.5 Å². The van der Waals surface area contributed by atoms with E-state index in [4.69, 9.17) is 19.4 Å². The maximum absolute atomic E-state index is 6.89. The minimum absolute atomic E-state index is 0.565. The maximum Gasteiger partial charge on any atom is 0.167 e. The van der Waals surface area contributed by atoms with Crippen molar-refractivity contribution in [2.75, 3.05) is 0 Å². The summed E-state index contributed by atoms with van der Waals surface area (Å²) in [5.41, 5.74) is 10.1. The van der Waals surface area contributed by atoms with Crippen LogP contribution in [0.15, 0.2) is 162 Å². The van der Waals surface area contributed by atoms with E-state index in [1.165, 1.54) is 32.6 Å². The molecular weight excluding hydrogens is 613 g/mol. The predicted molar refractivity (Wildman–Crippen MR) is 204 cm³/mol. The first kappa shape index (κ1) is 27.1. The van der Waals surface area contributed by atoms with E-state index >= 15 is 0 Å². The predicted octanol–water partition coefficient (Wildman–Crippen LogP) is 11.6. The molecule has 0 N–H and O–H groups in total. The van der Waals surface area contributed by atoms with Crippen molar-refractivity contribution in [2.24, 2.45) is 0 Å². The molecule has 11 rings (SSSR count). The number of hydrogen-bond donors (Lipinski definition) is 0. The Labute approximate surface area is 286 Å². The second-order valence-corrected chi connectivity index (χ2v) is 12.8. The van der Waals surface area contributed by atoms with E-state index in [2.05, 4.69) is 95.4 Å². The van der Waals surface area contributed by atoms with Gasteiger partial charge in [0.1, 0.15) is 11.2 Å². The van der Waals surface area contributed by atoms with Crippen molar-refractivity contribution in [3.05, 3.63) is 158 Å². The lowest BCUT2D eigenvalue weighted by Crippen LogP contribution is -2.00. The Hall–Kier alpha value is -6.85. The molecule has 0 bridgehead atoms. The lowest BCUT2D eigenvalue weighted by molar-refractivity contribution is 0.670. The number of aromatic nitrogens is 4. The van der Waals surface area contributed by atoms with Crippen LogP contribution in [0.25, 0.3) is 105 Å². The molecule has 0 fully saturated rings. The van der Waals surface area contributed by atoms with Crippen LogP contribution in [0.3, 0.4) is 0 Å². The third-order valence-corrected chi connectivity index (χ3v) is 9.96. The van der Waals surface area contributed by atoms with Gasteiger partial charge in [0, 0.05) is 43.4 Å². The van der Waals surface area contributed by atoms with Crippen molar-refractivity contribution >= 4 is 60.0 Å². The molecular formula is C45H26N4O. The van der Waals surface area contributed by atoms with Crippen LogP contribution in [-0.2, 0) is 0 Å². The molecule has 0 atom stereocenters. The van der Waals surface area contributed by atoms with E-state index in [1.54, 1.807) is 0 Å². The van der Waals surface area contributed by atoms with Crippen molar-refractivity contribution in [3.8, 4) is 45.3 Å². The summed E-state index contributed by atoms with van der Waals surface area (Å²) in [6.45, 7) is 0. The fourth-order valence-electron chi connectivity index (χ4n) is 7.69. The first-order chi connectivity index (χ1) is 24.8. The highest BCUT2D eigenvalue weighted by Crippen LogP contribution is 2.44. The standard InChI is InChI=1S/C45H26N4O/c1-4-13-27(14-5-1)30-23-36-35-25-39-34(33-21-12-20-32-31-19-10-11-22-38(31)49(39)41(32)33)26-40(35)50-42(36)37(24-30)45-47-43(28-15-6-2-7-16-28)46-44(48-45)29-17-8-3-9-18-29/h1-26H. The van der Waals surface area contributed by atoms with Crippen LogP contribution in [0.5, 0.6) is 0 Å². The molecule has 4 heterocycles. The largest absolute Gasteiger partial charge is 0.455 e. The number of furan rings is 1. The smallest absolute Gasteiger partial charge is 0.167 e. The number of hydrogen-bond acceptors (Lipinski definition) is 4. The van der Waals surface area contributed by atoms with Crippen LogP contribution in [-0.4, -0.2) is 19.4 Å². The van der Waals surface area contributed by atoms with E-state index in [9.17, 15) is 0 Å². The van der Waals surface area contributed by atoms with E-state index in [1.807, 2.05) is 66.7 Å². The molecule has 50 heavy (non-hydrogen) atoms. The lowest BCUT2D eigenvalue weighted by Gasteiger charge is -2.10. The molecule has 0 unspecified atom stereocenters. The number of benzene rings is 7. The Morgan fingerprint density at radius 1 is 0.380 bits per heavy atom. The molecule has 4 aromatic heterocycles. The van der Waals surface area contributed by atoms with E-state index in [0.29, 0.717) is 17.5 Å². The van der Waals surface area contributed by atoms with Gasteiger partial charge in [-0.3, -0.25) is 0 Å². The van der Waals surface area contributed by atoms with Crippen LogP contribution >= 0.6 is 0 Å². The fourth-order valence-corrected chi connectivity index (χ4v) is 7.69. The normalized spacial score (nSPS) is 12.0. The average molecular weight is 639 g/mol. The van der Waals surface area contributed by atoms with Crippen LogP contribution in [0.1, 0.15) is 0 Å². The Morgan fingerprint density at radius 2 is 0.960 bits per heavy atom. The van der Waals surface area contributed by atoms with E-state index in [0.717, 1.165) is 55.3 Å². The van der Waals surface area contributed by atoms with Crippen molar-refractivity contribution in [3.63, 3.8) is 0 Å². The summed E-state index contributed by atoms with van der Waals surface area (Å²) in [4.78, 5) is 15.2. The van der Waals surface area contributed by atoms with E-state index in [-0.39, 0.29) is 0 Å². The third-order valence-electron chi connectivity index (χ3n) is 9.96. The van der Waals surface area contributed by atoms with E-state index < -0.39 is 0 Å². The zero-order chi connectivity index (χ0) is 32.8. The molecule has 0 saturated heterocycles. The highest BCUT2D eigenvalue weighted by Gasteiger charge is 2.23. The van der Waals surface area contributed by atoms with Crippen molar-refractivity contribution in [1.29, 1.82) is 0 Å². The Bertz CT molecular complexity index is 3010. The molecule has 5 heteroatoms. The molecule has 5 nitrogen and oxygen atoms in total. The summed E-state index contributed by atoms with van der Waals surface area (Å²) < 4.78 is 9.31. The molecule has 0 spiro atoms. The monoisotopic (exact) mass is 638 g/mol. The van der Waals surface area contributed by atoms with Crippen LogP contribution < -0.4 is 0 Å². The van der Waals surface area contributed by atoms with Gasteiger partial charge in [-0.2, -0.15) is 0 Å². The average Bonchev–Trinajstić information content (AvgIpc) is 3.84.